The van der Waals surface area contributed by atoms with Crippen LogP contribution in [0, 0.1) is 36.5 Å². The van der Waals surface area contributed by atoms with Crippen molar-refractivity contribution in [3.8, 4) is 57.8 Å². The predicted molar refractivity (Wildman–Crippen MR) is 145 cm³/mol. The maximum absolute atomic E-state index is 10.1. The summed E-state index contributed by atoms with van der Waals surface area (Å²) in [6.45, 7) is 4.20. The number of hydrogen-bond acceptors (Lipinski definition) is 6. The van der Waals surface area contributed by atoms with E-state index in [4.69, 9.17) is 18.9 Å². The molecule has 0 saturated heterocycles. The molecule has 6 heteroatoms. The number of methoxy groups -OCH3 is 2. The summed E-state index contributed by atoms with van der Waals surface area (Å²) >= 11 is 0. The SMILES string of the molecule is COc1c(C#N)c2c(c(C#N)c1OC)Oc1c(cc3ccccc3c1-c1cccc3cc(C)c(C)cc13)O2. The fourth-order valence-corrected chi connectivity index (χ4v) is 5.17. The smallest absolute Gasteiger partial charge is 0.193 e. The lowest BCUT2D eigenvalue weighted by atomic mass is 9.91. The zero-order valence-electron chi connectivity index (χ0n) is 21.3. The molecule has 0 unspecified atom stereocenters. The lowest BCUT2D eigenvalue weighted by molar-refractivity contribution is 0.329. The Labute approximate surface area is 219 Å². The van der Waals surface area contributed by atoms with Crippen LogP contribution in [0.5, 0.6) is 34.5 Å². The summed E-state index contributed by atoms with van der Waals surface area (Å²) in [7, 11) is 2.84. The number of rotatable bonds is 3. The maximum atomic E-state index is 10.1. The van der Waals surface area contributed by atoms with E-state index in [2.05, 4.69) is 50.3 Å². The molecule has 6 nitrogen and oxygen atoms in total. The molecule has 0 atom stereocenters. The molecule has 0 radical (unpaired) electrons. The highest BCUT2D eigenvalue weighted by molar-refractivity contribution is 6.09. The third kappa shape index (κ3) is 3.25. The average Bonchev–Trinajstić information content (AvgIpc) is 2.94. The topological polar surface area (TPSA) is 84.5 Å². The Kier molecular flexibility index (Phi) is 5.33. The molecule has 0 fully saturated rings. The van der Waals surface area contributed by atoms with Crippen molar-refractivity contribution in [2.75, 3.05) is 14.2 Å². The van der Waals surface area contributed by atoms with Gasteiger partial charge in [0.25, 0.3) is 0 Å². The van der Waals surface area contributed by atoms with E-state index in [1.165, 1.54) is 25.3 Å². The minimum Gasteiger partial charge on any atom is -0.491 e. The summed E-state index contributed by atoms with van der Waals surface area (Å²) in [5, 5.41) is 24.2. The van der Waals surface area contributed by atoms with E-state index in [1.54, 1.807) is 0 Å². The Balaban J connectivity index is 1.72. The summed E-state index contributed by atoms with van der Waals surface area (Å²) in [5.41, 5.74) is 4.40. The fraction of sp³-hybridized carbons (Fsp3) is 0.125. The fourth-order valence-electron chi connectivity index (χ4n) is 5.17. The van der Waals surface area contributed by atoms with Crippen LogP contribution in [0.15, 0.2) is 60.7 Å². The van der Waals surface area contributed by atoms with E-state index in [0.29, 0.717) is 11.5 Å². The van der Waals surface area contributed by atoms with Crippen molar-refractivity contribution in [1.29, 1.82) is 10.5 Å². The monoisotopic (exact) mass is 498 g/mol. The number of nitrogens with zero attached hydrogens (tertiary/aromatic N) is 2. The van der Waals surface area contributed by atoms with Crippen molar-refractivity contribution >= 4 is 21.5 Å². The first-order valence-electron chi connectivity index (χ1n) is 12.0. The molecule has 1 aliphatic rings. The van der Waals surface area contributed by atoms with Gasteiger partial charge in [-0.1, -0.05) is 54.6 Å². The number of hydrogen-bond donors (Lipinski definition) is 0. The van der Waals surface area contributed by atoms with Crippen molar-refractivity contribution in [2.45, 2.75) is 13.8 Å². The van der Waals surface area contributed by atoms with Gasteiger partial charge in [0.1, 0.15) is 23.3 Å². The van der Waals surface area contributed by atoms with Crippen LogP contribution in [-0.2, 0) is 0 Å². The summed E-state index contributed by atoms with van der Waals surface area (Å²) in [5.74, 6) is 1.40. The Morgan fingerprint density at radius 2 is 1.26 bits per heavy atom. The summed E-state index contributed by atoms with van der Waals surface area (Å²) in [4.78, 5) is 0. The minimum atomic E-state index is 0.0903. The summed E-state index contributed by atoms with van der Waals surface area (Å²) in [6, 6.07) is 24.7. The average molecular weight is 499 g/mol. The number of ether oxygens (including phenoxy) is 4. The molecule has 5 aromatic carbocycles. The Morgan fingerprint density at radius 1 is 0.658 bits per heavy atom. The Morgan fingerprint density at radius 3 is 1.95 bits per heavy atom. The van der Waals surface area contributed by atoms with Gasteiger partial charge in [-0.2, -0.15) is 10.5 Å². The lowest BCUT2D eigenvalue weighted by Crippen LogP contribution is -2.08. The van der Waals surface area contributed by atoms with Crippen LogP contribution in [0.2, 0.25) is 0 Å². The Hall–Kier alpha value is -5.20. The summed E-state index contributed by atoms with van der Waals surface area (Å²) in [6.07, 6.45) is 0. The van der Waals surface area contributed by atoms with Crippen LogP contribution < -0.4 is 18.9 Å². The highest BCUT2D eigenvalue weighted by Gasteiger charge is 2.35. The van der Waals surface area contributed by atoms with Gasteiger partial charge in [0.15, 0.2) is 34.5 Å². The minimum absolute atomic E-state index is 0.0903. The molecule has 184 valence electrons. The second kappa shape index (κ2) is 8.73. The van der Waals surface area contributed by atoms with E-state index in [1.807, 2.05) is 36.4 Å². The number of aryl methyl sites for hydroxylation is 2. The molecule has 1 aliphatic heterocycles. The van der Waals surface area contributed by atoms with Gasteiger partial charge in [0, 0.05) is 5.56 Å². The number of nitriles is 2. The molecular weight excluding hydrogens is 476 g/mol. The van der Waals surface area contributed by atoms with Crippen LogP contribution in [0.3, 0.4) is 0 Å². The molecule has 6 rings (SSSR count). The van der Waals surface area contributed by atoms with Crippen molar-refractivity contribution in [3.63, 3.8) is 0 Å². The van der Waals surface area contributed by atoms with Gasteiger partial charge >= 0.3 is 0 Å². The van der Waals surface area contributed by atoms with Crippen molar-refractivity contribution in [1.82, 2.24) is 0 Å². The van der Waals surface area contributed by atoms with Gasteiger partial charge in [-0.3, -0.25) is 0 Å². The number of fused-ring (bicyclic) bond motifs is 4. The zero-order chi connectivity index (χ0) is 26.6. The van der Waals surface area contributed by atoms with Gasteiger partial charge in [-0.25, -0.2) is 0 Å². The second-order valence-corrected chi connectivity index (χ2v) is 9.17. The maximum Gasteiger partial charge on any atom is 0.193 e. The highest BCUT2D eigenvalue weighted by Crippen LogP contribution is 2.58. The molecule has 0 spiro atoms. The first-order valence-corrected chi connectivity index (χ1v) is 12.0. The third-order valence-corrected chi connectivity index (χ3v) is 7.10. The van der Waals surface area contributed by atoms with Crippen LogP contribution in [-0.4, -0.2) is 14.2 Å². The van der Waals surface area contributed by atoms with Gasteiger partial charge < -0.3 is 18.9 Å². The third-order valence-electron chi connectivity index (χ3n) is 7.10. The molecule has 0 amide bonds. The first-order chi connectivity index (χ1) is 18.5. The van der Waals surface area contributed by atoms with Gasteiger partial charge in [0.05, 0.1) is 14.2 Å². The largest absolute Gasteiger partial charge is 0.491 e. The molecule has 1 heterocycles. The molecule has 0 bridgehead atoms. The van der Waals surface area contributed by atoms with Gasteiger partial charge in [0.2, 0.25) is 0 Å². The van der Waals surface area contributed by atoms with Crippen LogP contribution in [0.4, 0.5) is 0 Å². The standard InChI is InChI=1S/C32H22N2O4/c1-17-12-19-9-7-11-22(23(19)13-18(17)2)27-21-10-6-5-8-20(21)14-26-32(27)38-31-25(16-34)29(36-4)28(35-3)24(15-33)30(31)37-26/h5-14H,1-4H3. The van der Waals surface area contributed by atoms with Gasteiger partial charge in [-0.05, 0) is 58.1 Å². The predicted octanol–water partition coefficient (Wildman–Crippen LogP) is 7.94. The molecule has 0 aliphatic carbocycles. The normalized spacial score (nSPS) is 11.5. The van der Waals surface area contributed by atoms with E-state index in [0.717, 1.165) is 32.7 Å². The number of benzene rings is 5. The van der Waals surface area contributed by atoms with Crippen molar-refractivity contribution in [2.24, 2.45) is 0 Å². The van der Waals surface area contributed by atoms with E-state index >= 15 is 0 Å². The molecule has 0 saturated carbocycles. The molecule has 38 heavy (non-hydrogen) atoms. The molecule has 0 aromatic heterocycles. The first kappa shape index (κ1) is 23.2. The Bertz CT molecular complexity index is 1890. The van der Waals surface area contributed by atoms with Crippen molar-refractivity contribution in [3.05, 3.63) is 82.9 Å². The van der Waals surface area contributed by atoms with E-state index in [9.17, 15) is 10.5 Å². The quantitative estimate of drug-likeness (QED) is 0.246. The van der Waals surface area contributed by atoms with Crippen LogP contribution >= 0.6 is 0 Å². The van der Waals surface area contributed by atoms with E-state index < -0.39 is 0 Å². The molecular formula is C32H22N2O4. The van der Waals surface area contributed by atoms with E-state index in [-0.39, 0.29) is 34.1 Å². The lowest BCUT2D eigenvalue weighted by Gasteiger charge is -2.27. The van der Waals surface area contributed by atoms with Crippen molar-refractivity contribution < 1.29 is 18.9 Å². The van der Waals surface area contributed by atoms with Crippen LogP contribution in [0.25, 0.3) is 32.7 Å². The highest BCUT2D eigenvalue weighted by atomic mass is 16.6. The second-order valence-electron chi connectivity index (χ2n) is 9.17. The summed E-state index contributed by atoms with van der Waals surface area (Å²) < 4.78 is 23.9. The van der Waals surface area contributed by atoms with Crippen LogP contribution in [0.1, 0.15) is 22.3 Å². The van der Waals surface area contributed by atoms with Gasteiger partial charge in [-0.15, -0.1) is 0 Å². The molecule has 5 aromatic rings. The zero-order valence-corrected chi connectivity index (χ0v) is 21.3. The molecule has 0 N–H and O–H groups in total.